The second-order valence-electron chi connectivity index (χ2n) is 4.06. The normalized spacial score (nSPS) is 12.7. The van der Waals surface area contributed by atoms with Gasteiger partial charge in [-0.25, -0.2) is 18.0 Å². The zero-order valence-electron chi connectivity index (χ0n) is 11.0. The van der Waals surface area contributed by atoms with Gasteiger partial charge in [-0.3, -0.25) is 4.31 Å². The Balaban J connectivity index is 3.31. The number of nitrogens with zero attached hydrogens (tertiary/aromatic N) is 1. The van der Waals surface area contributed by atoms with Gasteiger partial charge in [-0.2, -0.15) is 0 Å². The number of carbonyl (C=O) groups is 2. The fourth-order valence-electron chi connectivity index (χ4n) is 1.62. The van der Waals surface area contributed by atoms with Gasteiger partial charge in [0, 0.05) is 0 Å². The minimum Gasteiger partial charge on any atom is -0.480 e. The molecule has 0 bridgehead atoms. The van der Waals surface area contributed by atoms with Crippen LogP contribution < -0.4 is 4.31 Å². The van der Waals surface area contributed by atoms with Crippen LogP contribution in [-0.2, 0) is 14.8 Å². The lowest BCUT2D eigenvalue weighted by molar-refractivity contribution is -0.137. The molecular weight excluding hydrogens is 286 g/mol. The Morgan fingerprint density at radius 2 is 1.70 bits per heavy atom. The van der Waals surface area contributed by atoms with E-state index in [1.54, 1.807) is 0 Å². The van der Waals surface area contributed by atoms with Gasteiger partial charge >= 0.3 is 11.9 Å². The van der Waals surface area contributed by atoms with E-state index in [-0.39, 0.29) is 17.0 Å². The molecule has 8 heteroatoms. The van der Waals surface area contributed by atoms with E-state index in [0.29, 0.717) is 0 Å². The summed E-state index contributed by atoms with van der Waals surface area (Å²) in [4.78, 5) is 21.8. The summed E-state index contributed by atoms with van der Waals surface area (Å²) in [6.45, 7) is 2.66. The highest BCUT2D eigenvalue weighted by molar-refractivity contribution is 7.92. The van der Waals surface area contributed by atoms with Crippen LogP contribution in [0.4, 0.5) is 5.69 Å². The molecule has 0 spiro atoms. The Bertz CT molecular complexity index is 607. The molecule has 110 valence electrons. The molecule has 20 heavy (non-hydrogen) atoms. The van der Waals surface area contributed by atoms with Gasteiger partial charge in [-0.05, 0) is 38.1 Å². The lowest BCUT2D eigenvalue weighted by Gasteiger charge is -2.27. The molecule has 0 saturated heterocycles. The number of rotatable bonds is 6. The lowest BCUT2D eigenvalue weighted by Crippen LogP contribution is -2.44. The molecule has 0 aromatic heterocycles. The second kappa shape index (κ2) is 5.91. The fourth-order valence-corrected chi connectivity index (χ4v) is 2.91. The van der Waals surface area contributed by atoms with E-state index in [1.165, 1.54) is 38.1 Å². The molecule has 0 aliphatic rings. The summed E-state index contributed by atoms with van der Waals surface area (Å²) in [5.74, 6) is -2.69. The predicted molar refractivity (Wildman–Crippen MR) is 72.4 cm³/mol. The number of carboxylic acid groups (broad SMARTS) is 2. The van der Waals surface area contributed by atoms with Crippen molar-refractivity contribution in [1.29, 1.82) is 0 Å². The van der Waals surface area contributed by atoms with Crippen LogP contribution in [-0.4, -0.2) is 42.4 Å². The van der Waals surface area contributed by atoms with Crippen molar-refractivity contribution in [2.45, 2.75) is 19.9 Å². The van der Waals surface area contributed by atoms with Crippen molar-refractivity contribution < 1.29 is 28.2 Å². The molecule has 0 fully saturated rings. The van der Waals surface area contributed by atoms with Gasteiger partial charge in [0.15, 0.2) is 0 Å². The molecular formula is C12H15NO6S. The largest absolute Gasteiger partial charge is 0.480 e. The maximum atomic E-state index is 12.0. The smallest absolute Gasteiger partial charge is 0.335 e. The van der Waals surface area contributed by atoms with E-state index < -0.39 is 28.0 Å². The molecule has 0 heterocycles. The van der Waals surface area contributed by atoms with E-state index in [2.05, 4.69) is 0 Å². The molecule has 1 aromatic rings. The molecule has 0 saturated carbocycles. The number of hydrogen-bond acceptors (Lipinski definition) is 4. The maximum absolute atomic E-state index is 12.0. The third kappa shape index (κ3) is 3.27. The average Bonchev–Trinajstić information content (AvgIpc) is 2.39. The summed E-state index contributed by atoms with van der Waals surface area (Å²) in [6.07, 6.45) is 0. The number of aromatic carboxylic acids is 1. The summed E-state index contributed by atoms with van der Waals surface area (Å²) in [6, 6.07) is 3.72. The van der Waals surface area contributed by atoms with Crippen molar-refractivity contribution in [3.63, 3.8) is 0 Å². The molecule has 0 radical (unpaired) electrons. The molecule has 2 N–H and O–H groups in total. The Morgan fingerprint density at radius 1 is 1.20 bits per heavy atom. The summed E-state index contributed by atoms with van der Waals surface area (Å²) >= 11 is 0. The SMILES string of the molecule is CCS(=O)(=O)N(c1ccc(C(=O)O)cc1)C(C)C(=O)O. The highest BCUT2D eigenvalue weighted by atomic mass is 32.2. The number of aliphatic carboxylic acids is 1. The highest BCUT2D eigenvalue weighted by Crippen LogP contribution is 2.22. The first-order valence-electron chi connectivity index (χ1n) is 5.79. The molecule has 1 aromatic carbocycles. The number of hydrogen-bond donors (Lipinski definition) is 2. The Labute approximate surface area is 116 Å². The number of benzene rings is 1. The van der Waals surface area contributed by atoms with Crippen molar-refractivity contribution in [1.82, 2.24) is 0 Å². The van der Waals surface area contributed by atoms with Gasteiger partial charge in [0.1, 0.15) is 6.04 Å². The van der Waals surface area contributed by atoms with E-state index in [1.807, 2.05) is 0 Å². The first kappa shape index (κ1) is 16.0. The molecule has 7 nitrogen and oxygen atoms in total. The van der Waals surface area contributed by atoms with Crippen LogP contribution in [0.5, 0.6) is 0 Å². The molecule has 1 unspecified atom stereocenters. The first-order chi connectivity index (χ1) is 9.20. The summed E-state index contributed by atoms with van der Waals surface area (Å²) < 4.78 is 24.8. The van der Waals surface area contributed by atoms with Crippen molar-refractivity contribution in [3.8, 4) is 0 Å². The highest BCUT2D eigenvalue weighted by Gasteiger charge is 2.30. The van der Waals surface area contributed by atoms with Crippen molar-refractivity contribution in [2.24, 2.45) is 0 Å². The van der Waals surface area contributed by atoms with Crippen LogP contribution in [0.2, 0.25) is 0 Å². The zero-order valence-corrected chi connectivity index (χ0v) is 11.8. The van der Waals surface area contributed by atoms with Crippen molar-refractivity contribution in [2.75, 3.05) is 10.1 Å². The van der Waals surface area contributed by atoms with Gasteiger partial charge < -0.3 is 10.2 Å². The van der Waals surface area contributed by atoms with Gasteiger partial charge in [0.05, 0.1) is 17.0 Å². The Morgan fingerprint density at radius 3 is 2.05 bits per heavy atom. The topological polar surface area (TPSA) is 112 Å². The molecule has 0 aliphatic carbocycles. The third-order valence-electron chi connectivity index (χ3n) is 2.74. The van der Waals surface area contributed by atoms with Crippen LogP contribution in [0.3, 0.4) is 0 Å². The van der Waals surface area contributed by atoms with Gasteiger partial charge in [0.2, 0.25) is 10.0 Å². The van der Waals surface area contributed by atoms with Crippen LogP contribution >= 0.6 is 0 Å². The maximum Gasteiger partial charge on any atom is 0.335 e. The zero-order chi connectivity index (χ0) is 15.5. The standard InChI is InChI=1S/C12H15NO6S/c1-3-20(18,19)13(8(2)11(14)15)10-6-4-9(5-7-10)12(16)17/h4-8H,3H2,1-2H3,(H,14,15)(H,16,17). The number of sulfonamides is 1. The molecule has 0 aliphatic heterocycles. The molecule has 0 amide bonds. The number of carboxylic acids is 2. The summed E-state index contributed by atoms with van der Waals surface area (Å²) in [5.41, 5.74) is 0.109. The van der Waals surface area contributed by atoms with Crippen LogP contribution in [0, 0.1) is 0 Å². The van der Waals surface area contributed by atoms with Crippen LogP contribution in [0.15, 0.2) is 24.3 Å². The Kier molecular flexibility index (Phi) is 4.72. The monoisotopic (exact) mass is 301 g/mol. The van der Waals surface area contributed by atoms with Gasteiger partial charge in [-0.1, -0.05) is 0 Å². The lowest BCUT2D eigenvalue weighted by atomic mass is 10.2. The third-order valence-corrected chi connectivity index (χ3v) is 4.60. The fraction of sp³-hybridized carbons (Fsp3) is 0.333. The average molecular weight is 301 g/mol. The Hall–Kier alpha value is -2.09. The summed E-state index contributed by atoms with van der Waals surface area (Å²) in [5, 5.41) is 17.8. The van der Waals surface area contributed by atoms with Crippen molar-refractivity contribution in [3.05, 3.63) is 29.8 Å². The minimum absolute atomic E-state index is 0.00873. The minimum atomic E-state index is -3.79. The van der Waals surface area contributed by atoms with Crippen molar-refractivity contribution >= 4 is 27.6 Å². The molecule has 1 rings (SSSR count). The first-order valence-corrected chi connectivity index (χ1v) is 7.40. The van der Waals surface area contributed by atoms with Gasteiger partial charge in [0.25, 0.3) is 0 Å². The van der Waals surface area contributed by atoms with E-state index in [0.717, 1.165) is 4.31 Å². The van der Waals surface area contributed by atoms with Crippen LogP contribution in [0.25, 0.3) is 0 Å². The van der Waals surface area contributed by atoms with E-state index in [4.69, 9.17) is 10.2 Å². The second-order valence-corrected chi connectivity index (χ2v) is 6.20. The predicted octanol–water partition coefficient (Wildman–Crippen LogP) is 1.01. The quantitative estimate of drug-likeness (QED) is 0.811. The number of anilines is 1. The van der Waals surface area contributed by atoms with E-state index in [9.17, 15) is 18.0 Å². The summed E-state index contributed by atoms with van der Waals surface area (Å²) in [7, 11) is -3.79. The molecule has 1 atom stereocenters. The van der Waals surface area contributed by atoms with E-state index >= 15 is 0 Å². The van der Waals surface area contributed by atoms with Gasteiger partial charge in [-0.15, -0.1) is 0 Å². The van der Waals surface area contributed by atoms with Crippen LogP contribution in [0.1, 0.15) is 24.2 Å².